The summed E-state index contributed by atoms with van der Waals surface area (Å²) in [6.45, 7) is 5.20. The van der Waals surface area contributed by atoms with E-state index in [2.05, 4.69) is 52.6 Å². The van der Waals surface area contributed by atoms with Crippen LogP contribution < -0.4 is 10.6 Å². The number of rotatable bonds is 6. The van der Waals surface area contributed by atoms with Gasteiger partial charge in [0.25, 0.3) is 0 Å². The quantitative estimate of drug-likeness (QED) is 0.829. The number of anilines is 3. The van der Waals surface area contributed by atoms with Gasteiger partial charge in [-0.1, -0.05) is 26.0 Å². The van der Waals surface area contributed by atoms with E-state index in [0.717, 1.165) is 36.7 Å². The van der Waals surface area contributed by atoms with Crippen LogP contribution in [0.4, 0.5) is 17.3 Å². The highest BCUT2D eigenvalue weighted by Gasteiger charge is 1.99. The lowest BCUT2D eigenvalue weighted by atomic mass is 10.1. The van der Waals surface area contributed by atoms with Gasteiger partial charge in [0.05, 0.1) is 0 Å². The molecule has 4 heteroatoms. The molecular formula is C15H20N4. The van der Waals surface area contributed by atoms with Crippen molar-refractivity contribution >= 4 is 17.3 Å². The molecule has 0 fully saturated rings. The minimum Gasteiger partial charge on any atom is -0.370 e. The fourth-order valence-electron chi connectivity index (χ4n) is 1.79. The highest BCUT2D eigenvalue weighted by atomic mass is 15.1. The third-order valence-electron chi connectivity index (χ3n) is 2.83. The second-order valence-corrected chi connectivity index (χ2v) is 4.39. The number of nitrogens with zero attached hydrogens (tertiary/aromatic N) is 2. The number of hydrogen-bond acceptors (Lipinski definition) is 4. The number of benzene rings is 1. The minimum atomic E-state index is 0.807. The van der Waals surface area contributed by atoms with E-state index in [1.165, 1.54) is 5.56 Å². The zero-order valence-electron chi connectivity index (χ0n) is 11.5. The van der Waals surface area contributed by atoms with E-state index >= 15 is 0 Å². The van der Waals surface area contributed by atoms with Gasteiger partial charge in [-0.2, -0.15) is 0 Å². The Labute approximate surface area is 114 Å². The van der Waals surface area contributed by atoms with Gasteiger partial charge in [0.2, 0.25) is 0 Å². The zero-order chi connectivity index (χ0) is 13.5. The van der Waals surface area contributed by atoms with Crippen LogP contribution in [0.1, 0.15) is 25.8 Å². The van der Waals surface area contributed by atoms with E-state index < -0.39 is 0 Å². The van der Waals surface area contributed by atoms with Gasteiger partial charge in [-0.05, 0) is 30.5 Å². The minimum absolute atomic E-state index is 0.807. The lowest BCUT2D eigenvalue weighted by Gasteiger charge is -2.09. The Hall–Kier alpha value is -2.10. The molecule has 0 aliphatic heterocycles. The number of hydrogen-bond donors (Lipinski definition) is 2. The van der Waals surface area contributed by atoms with Crippen LogP contribution in [0, 0.1) is 0 Å². The normalized spacial score (nSPS) is 10.2. The predicted molar refractivity (Wildman–Crippen MR) is 79.9 cm³/mol. The van der Waals surface area contributed by atoms with Crippen molar-refractivity contribution in [1.29, 1.82) is 0 Å². The van der Waals surface area contributed by atoms with Crippen LogP contribution in [0.15, 0.2) is 36.7 Å². The molecule has 1 aromatic heterocycles. The molecule has 0 aliphatic rings. The molecule has 0 saturated heterocycles. The summed E-state index contributed by atoms with van der Waals surface area (Å²) in [6.07, 6.45) is 3.68. The van der Waals surface area contributed by atoms with Gasteiger partial charge in [-0.25, -0.2) is 9.97 Å². The lowest BCUT2D eigenvalue weighted by Crippen LogP contribution is -2.03. The largest absolute Gasteiger partial charge is 0.370 e. The molecule has 0 spiro atoms. The summed E-state index contributed by atoms with van der Waals surface area (Å²) in [6, 6.07) is 10.3. The molecule has 1 aromatic carbocycles. The Balaban J connectivity index is 2.09. The van der Waals surface area contributed by atoms with Gasteiger partial charge >= 0.3 is 0 Å². The summed E-state index contributed by atoms with van der Waals surface area (Å²) < 4.78 is 0. The molecule has 0 radical (unpaired) electrons. The van der Waals surface area contributed by atoms with Crippen molar-refractivity contribution < 1.29 is 0 Å². The molecular weight excluding hydrogens is 236 g/mol. The second-order valence-electron chi connectivity index (χ2n) is 4.39. The number of aryl methyl sites for hydroxylation is 1. The molecule has 0 amide bonds. The molecule has 0 unspecified atom stereocenters. The van der Waals surface area contributed by atoms with Crippen molar-refractivity contribution in [3.8, 4) is 0 Å². The third kappa shape index (κ3) is 3.95. The highest BCUT2D eigenvalue weighted by molar-refractivity contribution is 5.59. The van der Waals surface area contributed by atoms with E-state index in [1.54, 1.807) is 6.33 Å². The topological polar surface area (TPSA) is 49.8 Å². The van der Waals surface area contributed by atoms with Crippen LogP contribution >= 0.6 is 0 Å². The summed E-state index contributed by atoms with van der Waals surface area (Å²) in [5.74, 6) is 1.66. The maximum Gasteiger partial charge on any atom is 0.135 e. The molecule has 4 nitrogen and oxygen atoms in total. The summed E-state index contributed by atoms with van der Waals surface area (Å²) in [7, 11) is 0. The van der Waals surface area contributed by atoms with Gasteiger partial charge in [0.15, 0.2) is 0 Å². The first kappa shape index (κ1) is 13.3. The van der Waals surface area contributed by atoms with Gasteiger partial charge < -0.3 is 10.6 Å². The molecule has 2 N–H and O–H groups in total. The molecule has 0 bridgehead atoms. The summed E-state index contributed by atoms with van der Waals surface area (Å²) in [5.41, 5.74) is 2.36. The van der Waals surface area contributed by atoms with Crippen LogP contribution in [0.3, 0.4) is 0 Å². The maximum atomic E-state index is 4.24. The molecule has 0 aliphatic carbocycles. The Morgan fingerprint density at radius 1 is 1.05 bits per heavy atom. The molecule has 19 heavy (non-hydrogen) atoms. The van der Waals surface area contributed by atoms with Crippen molar-refractivity contribution in [1.82, 2.24) is 9.97 Å². The van der Waals surface area contributed by atoms with Crippen molar-refractivity contribution in [2.45, 2.75) is 26.7 Å². The first-order chi connectivity index (χ1) is 9.31. The molecule has 0 atom stereocenters. The molecule has 2 aromatic rings. The third-order valence-corrected chi connectivity index (χ3v) is 2.83. The fourth-order valence-corrected chi connectivity index (χ4v) is 1.79. The van der Waals surface area contributed by atoms with Crippen LogP contribution in [-0.2, 0) is 6.42 Å². The lowest BCUT2D eigenvalue weighted by molar-refractivity contribution is 0.965. The van der Waals surface area contributed by atoms with Crippen LogP contribution in [0.2, 0.25) is 0 Å². The zero-order valence-corrected chi connectivity index (χ0v) is 11.5. The SMILES string of the molecule is CCCNc1cc(Nc2cccc(CC)c2)ncn1. The van der Waals surface area contributed by atoms with Gasteiger partial charge in [0.1, 0.15) is 18.0 Å². The predicted octanol–water partition coefficient (Wildman–Crippen LogP) is 3.60. The summed E-state index contributed by atoms with van der Waals surface area (Å²) >= 11 is 0. The summed E-state index contributed by atoms with van der Waals surface area (Å²) in [4.78, 5) is 8.43. The second kappa shape index (κ2) is 6.73. The van der Waals surface area contributed by atoms with Crippen LogP contribution in [-0.4, -0.2) is 16.5 Å². The Kier molecular flexibility index (Phi) is 4.72. The van der Waals surface area contributed by atoms with E-state index in [0.29, 0.717) is 0 Å². The Morgan fingerprint density at radius 2 is 1.89 bits per heavy atom. The van der Waals surface area contributed by atoms with E-state index in [4.69, 9.17) is 0 Å². The van der Waals surface area contributed by atoms with Crippen molar-refractivity contribution in [2.75, 3.05) is 17.2 Å². The molecule has 0 saturated carbocycles. The molecule has 2 rings (SSSR count). The van der Waals surface area contributed by atoms with Crippen LogP contribution in [0.25, 0.3) is 0 Å². The average molecular weight is 256 g/mol. The van der Waals surface area contributed by atoms with Gasteiger partial charge in [-0.15, -0.1) is 0 Å². The number of aromatic nitrogens is 2. The van der Waals surface area contributed by atoms with Crippen LogP contribution in [0.5, 0.6) is 0 Å². The van der Waals surface area contributed by atoms with Crippen molar-refractivity contribution in [3.63, 3.8) is 0 Å². The summed E-state index contributed by atoms with van der Waals surface area (Å²) in [5, 5.41) is 6.56. The van der Waals surface area contributed by atoms with E-state index in [-0.39, 0.29) is 0 Å². The smallest absolute Gasteiger partial charge is 0.135 e. The maximum absolute atomic E-state index is 4.24. The molecule has 1 heterocycles. The first-order valence-corrected chi connectivity index (χ1v) is 6.73. The van der Waals surface area contributed by atoms with E-state index in [9.17, 15) is 0 Å². The highest BCUT2D eigenvalue weighted by Crippen LogP contribution is 2.17. The van der Waals surface area contributed by atoms with E-state index in [1.807, 2.05) is 12.1 Å². The Morgan fingerprint density at radius 3 is 2.68 bits per heavy atom. The number of nitrogens with one attached hydrogen (secondary N) is 2. The Bertz CT molecular complexity index is 525. The standard InChI is InChI=1S/C15H20N4/c1-3-8-16-14-10-15(18-11-17-14)19-13-7-5-6-12(4-2)9-13/h5-7,9-11H,3-4,8H2,1-2H3,(H2,16,17,18,19). The van der Waals surface area contributed by atoms with Crippen molar-refractivity contribution in [2.24, 2.45) is 0 Å². The molecule has 100 valence electrons. The van der Waals surface area contributed by atoms with Gasteiger partial charge in [0, 0.05) is 18.3 Å². The van der Waals surface area contributed by atoms with Crippen molar-refractivity contribution in [3.05, 3.63) is 42.2 Å². The first-order valence-electron chi connectivity index (χ1n) is 6.73. The monoisotopic (exact) mass is 256 g/mol. The fraction of sp³-hybridized carbons (Fsp3) is 0.333. The average Bonchev–Trinajstić information content (AvgIpc) is 2.46. The van der Waals surface area contributed by atoms with Gasteiger partial charge in [-0.3, -0.25) is 0 Å².